The summed E-state index contributed by atoms with van der Waals surface area (Å²) in [5.41, 5.74) is 2.20. The minimum atomic E-state index is -0.456. The number of carbonyl (C=O) groups is 1. The first-order chi connectivity index (χ1) is 11.6. The molecule has 0 saturated carbocycles. The standard InChI is InChI=1S/C19H15BrO4/c1-2-12-7-8-14-13(10-18(21)24-17(14)9-12)11-23-19(22)15-5-3-4-6-16(15)20/h3-10H,2,11H2,1H3. The summed E-state index contributed by atoms with van der Waals surface area (Å²) in [6, 6.07) is 14.1. The van der Waals surface area contributed by atoms with E-state index in [-0.39, 0.29) is 6.61 Å². The molecule has 0 aliphatic carbocycles. The van der Waals surface area contributed by atoms with Crippen LogP contribution >= 0.6 is 15.9 Å². The molecule has 3 rings (SSSR count). The van der Waals surface area contributed by atoms with Gasteiger partial charge >= 0.3 is 11.6 Å². The molecule has 0 unspecified atom stereocenters. The van der Waals surface area contributed by atoms with E-state index >= 15 is 0 Å². The Balaban J connectivity index is 1.89. The molecule has 4 nitrogen and oxygen atoms in total. The second-order valence-corrected chi connectivity index (χ2v) is 6.19. The molecule has 0 aliphatic rings. The topological polar surface area (TPSA) is 56.5 Å². The van der Waals surface area contributed by atoms with Crippen molar-refractivity contribution in [3.63, 3.8) is 0 Å². The lowest BCUT2D eigenvalue weighted by atomic mass is 10.1. The van der Waals surface area contributed by atoms with Crippen LogP contribution in [0.2, 0.25) is 0 Å². The van der Waals surface area contributed by atoms with Crippen LogP contribution in [0.4, 0.5) is 0 Å². The fourth-order valence-corrected chi connectivity index (χ4v) is 2.91. The largest absolute Gasteiger partial charge is 0.457 e. The third-order valence-electron chi connectivity index (χ3n) is 3.76. The van der Waals surface area contributed by atoms with Gasteiger partial charge in [0.2, 0.25) is 0 Å². The number of carbonyl (C=O) groups excluding carboxylic acids is 1. The molecule has 0 radical (unpaired) electrons. The molecule has 3 aromatic rings. The lowest BCUT2D eigenvalue weighted by Gasteiger charge is -2.09. The lowest BCUT2D eigenvalue weighted by Crippen LogP contribution is -2.08. The van der Waals surface area contributed by atoms with Crippen molar-refractivity contribution in [2.45, 2.75) is 20.0 Å². The van der Waals surface area contributed by atoms with Gasteiger partial charge in [-0.25, -0.2) is 9.59 Å². The van der Waals surface area contributed by atoms with Gasteiger partial charge in [0.15, 0.2) is 0 Å². The van der Waals surface area contributed by atoms with Gasteiger partial charge in [-0.1, -0.05) is 31.2 Å². The van der Waals surface area contributed by atoms with Crippen LogP contribution in [0.1, 0.15) is 28.4 Å². The molecule has 0 atom stereocenters. The molecular weight excluding hydrogens is 372 g/mol. The SMILES string of the molecule is CCc1ccc2c(COC(=O)c3ccccc3Br)cc(=O)oc2c1. The zero-order valence-electron chi connectivity index (χ0n) is 13.0. The molecule has 2 aromatic carbocycles. The number of rotatable bonds is 4. The van der Waals surface area contributed by atoms with Gasteiger partial charge in [-0.2, -0.15) is 0 Å². The number of fused-ring (bicyclic) bond motifs is 1. The normalized spacial score (nSPS) is 10.8. The molecule has 0 spiro atoms. The molecule has 5 heteroatoms. The van der Waals surface area contributed by atoms with Crippen LogP contribution in [-0.4, -0.2) is 5.97 Å². The fourth-order valence-electron chi connectivity index (χ4n) is 2.46. The Bertz CT molecular complexity index is 959. The maximum absolute atomic E-state index is 12.2. The van der Waals surface area contributed by atoms with E-state index in [1.807, 2.05) is 31.2 Å². The predicted octanol–water partition coefficient (Wildman–Crippen LogP) is 4.47. The molecular formula is C19H15BrO4. The zero-order chi connectivity index (χ0) is 17.1. The van der Waals surface area contributed by atoms with Gasteiger partial charge in [0.25, 0.3) is 0 Å². The Morgan fingerprint density at radius 1 is 1.17 bits per heavy atom. The number of esters is 1. The van der Waals surface area contributed by atoms with Gasteiger partial charge in [0.1, 0.15) is 12.2 Å². The van der Waals surface area contributed by atoms with Crippen molar-refractivity contribution >= 4 is 32.9 Å². The van der Waals surface area contributed by atoms with Crippen molar-refractivity contribution in [1.29, 1.82) is 0 Å². The van der Waals surface area contributed by atoms with E-state index in [4.69, 9.17) is 9.15 Å². The van der Waals surface area contributed by atoms with E-state index in [1.54, 1.807) is 18.2 Å². The van der Waals surface area contributed by atoms with E-state index < -0.39 is 11.6 Å². The summed E-state index contributed by atoms with van der Waals surface area (Å²) in [5.74, 6) is -0.450. The van der Waals surface area contributed by atoms with Crippen molar-refractivity contribution in [3.8, 4) is 0 Å². The molecule has 0 N–H and O–H groups in total. The van der Waals surface area contributed by atoms with Gasteiger partial charge in [-0.15, -0.1) is 0 Å². The van der Waals surface area contributed by atoms with Crippen molar-refractivity contribution in [2.24, 2.45) is 0 Å². The Labute approximate surface area is 147 Å². The van der Waals surface area contributed by atoms with Crippen molar-refractivity contribution in [1.82, 2.24) is 0 Å². The van der Waals surface area contributed by atoms with Crippen LogP contribution in [0.25, 0.3) is 11.0 Å². The van der Waals surface area contributed by atoms with Crippen LogP contribution in [0, 0.1) is 0 Å². The number of halogens is 1. The molecule has 1 aromatic heterocycles. The van der Waals surface area contributed by atoms with Gasteiger partial charge in [-0.05, 0) is 46.1 Å². The Hall–Kier alpha value is -2.40. The average molecular weight is 387 g/mol. The highest BCUT2D eigenvalue weighted by molar-refractivity contribution is 9.10. The molecule has 0 aliphatic heterocycles. The minimum absolute atomic E-state index is 0.00768. The number of hydrogen-bond acceptors (Lipinski definition) is 4. The maximum Gasteiger partial charge on any atom is 0.339 e. The molecule has 0 bridgehead atoms. The summed E-state index contributed by atoms with van der Waals surface area (Å²) in [6.45, 7) is 2.04. The van der Waals surface area contributed by atoms with Crippen molar-refractivity contribution < 1.29 is 13.9 Å². The van der Waals surface area contributed by atoms with Gasteiger partial charge in [0.05, 0.1) is 5.56 Å². The van der Waals surface area contributed by atoms with E-state index in [0.717, 1.165) is 17.4 Å². The minimum Gasteiger partial charge on any atom is -0.457 e. The first-order valence-electron chi connectivity index (χ1n) is 7.56. The zero-order valence-corrected chi connectivity index (χ0v) is 14.6. The van der Waals surface area contributed by atoms with Crippen LogP contribution in [-0.2, 0) is 17.8 Å². The first kappa shape index (κ1) is 16.5. The lowest BCUT2D eigenvalue weighted by molar-refractivity contribution is 0.0472. The number of ether oxygens (including phenoxy) is 1. The highest BCUT2D eigenvalue weighted by Gasteiger charge is 2.13. The fraction of sp³-hybridized carbons (Fsp3) is 0.158. The molecule has 122 valence electrons. The Kier molecular flexibility index (Phi) is 4.81. The Morgan fingerprint density at radius 2 is 1.96 bits per heavy atom. The predicted molar refractivity (Wildman–Crippen MR) is 95.1 cm³/mol. The second kappa shape index (κ2) is 7.01. The second-order valence-electron chi connectivity index (χ2n) is 5.33. The summed E-state index contributed by atoms with van der Waals surface area (Å²) in [6.07, 6.45) is 0.848. The average Bonchev–Trinajstić information content (AvgIpc) is 2.59. The quantitative estimate of drug-likeness (QED) is 0.490. The summed E-state index contributed by atoms with van der Waals surface area (Å²) >= 11 is 3.32. The van der Waals surface area contributed by atoms with Crippen LogP contribution in [0.5, 0.6) is 0 Å². The monoisotopic (exact) mass is 386 g/mol. The summed E-state index contributed by atoms with van der Waals surface area (Å²) in [7, 11) is 0. The van der Waals surface area contributed by atoms with Gasteiger partial charge < -0.3 is 9.15 Å². The number of hydrogen-bond donors (Lipinski definition) is 0. The molecule has 0 fully saturated rings. The number of aryl methyl sites for hydroxylation is 1. The smallest absolute Gasteiger partial charge is 0.339 e. The van der Waals surface area contributed by atoms with Gasteiger partial charge in [-0.3, -0.25) is 0 Å². The molecule has 0 saturated heterocycles. The number of benzene rings is 2. The summed E-state index contributed by atoms with van der Waals surface area (Å²) in [5, 5.41) is 0.770. The summed E-state index contributed by atoms with van der Waals surface area (Å²) in [4.78, 5) is 24.0. The van der Waals surface area contributed by atoms with E-state index in [2.05, 4.69) is 15.9 Å². The van der Waals surface area contributed by atoms with E-state index in [9.17, 15) is 9.59 Å². The molecule has 0 amide bonds. The highest BCUT2D eigenvalue weighted by atomic mass is 79.9. The van der Waals surface area contributed by atoms with E-state index in [1.165, 1.54) is 6.07 Å². The van der Waals surface area contributed by atoms with Crippen LogP contribution < -0.4 is 5.63 Å². The van der Waals surface area contributed by atoms with E-state index in [0.29, 0.717) is 21.2 Å². The third-order valence-corrected chi connectivity index (χ3v) is 4.45. The van der Waals surface area contributed by atoms with Crippen molar-refractivity contribution in [2.75, 3.05) is 0 Å². The highest BCUT2D eigenvalue weighted by Crippen LogP contribution is 2.21. The van der Waals surface area contributed by atoms with Crippen LogP contribution in [0.3, 0.4) is 0 Å². The Morgan fingerprint density at radius 3 is 2.71 bits per heavy atom. The summed E-state index contributed by atoms with van der Waals surface area (Å²) < 4.78 is 11.3. The first-order valence-corrected chi connectivity index (χ1v) is 8.35. The van der Waals surface area contributed by atoms with Crippen molar-refractivity contribution in [3.05, 3.63) is 80.1 Å². The molecule has 24 heavy (non-hydrogen) atoms. The third kappa shape index (κ3) is 3.41. The van der Waals surface area contributed by atoms with Crippen LogP contribution in [0.15, 0.2) is 62.2 Å². The maximum atomic E-state index is 12.2. The van der Waals surface area contributed by atoms with Gasteiger partial charge in [0, 0.05) is 21.5 Å². The molecule has 1 heterocycles.